The minimum absolute atomic E-state index is 0.0714. The maximum atomic E-state index is 12.6. The third-order valence-electron chi connectivity index (χ3n) is 4.40. The van der Waals surface area contributed by atoms with Crippen molar-refractivity contribution in [2.24, 2.45) is 5.73 Å². The van der Waals surface area contributed by atoms with E-state index in [2.05, 4.69) is 26.8 Å². The van der Waals surface area contributed by atoms with Crippen molar-refractivity contribution in [1.29, 1.82) is 0 Å². The summed E-state index contributed by atoms with van der Waals surface area (Å²) in [6.45, 7) is 7.03. The summed E-state index contributed by atoms with van der Waals surface area (Å²) in [4.78, 5) is 14.5. The van der Waals surface area contributed by atoms with E-state index in [9.17, 15) is 4.79 Å². The summed E-state index contributed by atoms with van der Waals surface area (Å²) < 4.78 is 0. The number of aryl methyl sites for hydroxylation is 1. The molecule has 104 valence electrons. The standard InChI is InChI=1S/C16H24N2O/c1-12-7-4-5-8-13(12)11-15(19)18-10-6-9-14(17)16(18,2)3/h4-5,7-8,14H,6,9-11,17H2,1-3H3. The van der Waals surface area contributed by atoms with E-state index in [4.69, 9.17) is 5.73 Å². The van der Waals surface area contributed by atoms with Crippen LogP contribution in [0.2, 0.25) is 0 Å². The van der Waals surface area contributed by atoms with Gasteiger partial charge in [0.25, 0.3) is 0 Å². The normalized spacial score (nSPS) is 22.3. The molecule has 0 aromatic heterocycles. The Morgan fingerprint density at radius 2 is 2.11 bits per heavy atom. The number of hydrogen-bond donors (Lipinski definition) is 1. The summed E-state index contributed by atoms with van der Waals surface area (Å²) in [6.07, 6.45) is 2.48. The molecule has 1 aromatic carbocycles. The van der Waals surface area contributed by atoms with Crippen molar-refractivity contribution >= 4 is 5.91 Å². The van der Waals surface area contributed by atoms with Crippen LogP contribution in [0, 0.1) is 6.92 Å². The second kappa shape index (κ2) is 5.33. The van der Waals surface area contributed by atoms with Crippen molar-refractivity contribution in [3.05, 3.63) is 35.4 Å². The van der Waals surface area contributed by atoms with Crippen molar-refractivity contribution in [3.8, 4) is 0 Å². The number of hydrogen-bond acceptors (Lipinski definition) is 2. The molecule has 19 heavy (non-hydrogen) atoms. The molecule has 0 bridgehead atoms. The highest BCUT2D eigenvalue weighted by molar-refractivity contribution is 5.80. The van der Waals surface area contributed by atoms with Gasteiger partial charge >= 0.3 is 0 Å². The van der Waals surface area contributed by atoms with Crippen LogP contribution in [0.3, 0.4) is 0 Å². The molecular formula is C16H24N2O. The number of rotatable bonds is 2. The van der Waals surface area contributed by atoms with Gasteiger partial charge in [-0.2, -0.15) is 0 Å². The van der Waals surface area contributed by atoms with Gasteiger partial charge in [-0.15, -0.1) is 0 Å². The highest BCUT2D eigenvalue weighted by Gasteiger charge is 2.38. The van der Waals surface area contributed by atoms with Gasteiger partial charge in [0.05, 0.1) is 12.0 Å². The lowest BCUT2D eigenvalue weighted by molar-refractivity contribution is -0.138. The van der Waals surface area contributed by atoms with E-state index in [1.807, 2.05) is 23.1 Å². The molecule has 1 saturated heterocycles. The third kappa shape index (κ3) is 2.81. The van der Waals surface area contributed by atoms with E-state index in [0.717, 1.165) is 24.9 Å². The lowest BCUT2D eigenvalue weighted by Crippen LogP contribution is -2.61. The fraction of sp³-hybridized carbons (Fsp3) is 0.562. The summed E-state index contributed by atoms with van der Waals surface area (Å²) in [5.41, 5.74) is 8.22. The first kappa shape index (κ1) is 14.1. The second-order valence-electron chi connectivity index (χ2n) is 6.05. The molecule has 1 unspecified atom stereocenters. The van der Waals surface area contributed by atoms with Crippen molar-refractivity contribution in [3.63, 3.8) is 0 Å². The average Bonchev–Trinajstić information content (AvgIpc) is 2.35. The summed E-state index contributed by atoms with van der Waals surface area (Å²) in [5, 5.41) is 0. The smallest absolute Gasteiger partial charge is 0.227 e. The lowest BCUT2D eigenvalue weighted by Gasteiger charge is -2.46. The van der Waals surface area contributed by atoms with Gasteiger partial charge in [-0.1, -0.05) is 24.3 Å². The molecule has 1 amide bonds. The molecule has 3 nitrogen and oxygen atoms in total. The zero-order chi connectivity index (χ0) is 14.0. The molecule has 1 aliphatic heterocycles. The third-order valence-corrected chi connectivity index (χ3v) is 4.40. The van der Waals surface area contributed by atoms with Crippen molar-refractivity contribution < 1.29 is 4.79 Å². The summed E-state index contributed by atoms with van der Waals surface area (Å²) in [7, 11) is 0. The van der Waals surface area contributed by atoms with Crippen LogP contribution in [0.25, 0.3) is 0 Å². The highest BCUT2D eigenvalue weighted by Crippen LogP contribution is 2.27. The molecule has 3 heteroatoms. The summed E-state index contributed by atoms with van der Waals surface area (Å²) in [6, 6.07) is 8.15. The number of amides is 1. The van der Waals surface area contributed by atoms with Crippen LogP contribution in [-0.2, 0) is 11.2 Å². The Balaban J connectivity index is 2.14. The number of likely N-dealkylation sites (tertiary alicyclic amines) is 1. The molecule has 0 radical (unpaired) electrons. The van der Waals surface area contributed by atoms with Gasteiger partial charge in [-0.3, -0.25) is 4.79 Å². The molecule has 2 rings (SSSR count). The molecule has 0 spiro atoms. The topological polar surface area (TPSA) is 46.3 Å². The minimum Gasteiger partial charge on any atom is -0.336 e. The molecule has 1 aromatic rings. The number of nitrogens with two attached hydrogens (primary N) is 1. The van der Waals surface area contributed by atoms with E-state index in [-0.39, 0.29) is 17.5 Å². The Labute approximate surface area is 115 Å². The predicted octanol–water partition coefficient (Wildman–Crippen LogP) is 2.27. The van der Waals surface area contributed by atoms with Crippen LogP contribution in [0.1, 0.15) is 37.8 Å². The molecule has 0 aliphatic carbocycles. The zero-order valence-electron chi connectivity index (χ0n) is 12.1. The molecular weight excluding hydrogens is 236 g/mol. The van der Waals surface area contributed by atoms with Gasteiger partial charge in [0, 0.05) is 12.6 Å². The fourth-order valence-electron chi connectivity index (χ4n) is 2.82. The van der Waals surface area contributed by atoms with Crippen LogP contribution < -0.4 is 5.73 Å². The predicted molar refractivity (Wildman–Crippen MR) is 77.9 cm³/mol. The highest BCUT2D eigenvalue weighted by atomic mass is 16.2. The first-order chi connectivity index (χ1) is 8.93. The monoisotopic (exact) mass is 260 g/mol. The Hall–Kier alpha value is -1.35. The Morgan fingerprint density at radius 3 is 2.79 bits per heavy atom. The summed E-state index contributed by atoms with van der Waals surface area (Å²) >= 11 is 0. The van der Waals surface area contributed by atoms with Gasteiger partial charge in [0.15, 0.2) is 0 Å². The van der Waals surface area contributed by atoms with Gasteiger partial charge in [0.2, 0.25) is 5.91 Å². The number of nitrogens with zero attached hydrogens (tertiary/aromatic N) is 1. The van der Waals surface area contributed by atoms with Crippen LogP contribution in [0.5, 0.6) is 0 Å². The molecule has 1 fully saturated rings. The maximum Gasteiger partial charge on any atom is 0.227 e. The molecule has 1 aliphatic rings. The number of carbonyl (C=O) groups excluding carboxylic acids is 1. The van der Waals surface area contributed by atoms with Crippen molar-refractivity contribution in [2.75, 3.05) is 6.54 Å². The first-order valence-electron chi connectivity index (χ1n) is 7.03. The number of benzene rings is 1. The average molecular weight is 260 g/mol. The van der Waals surface area contributed by atoms with Crippen LogP contribution in [-0.4, -0.2) is 28.9 Å². The quantitative estimate of drug-likeness (QED) is 0.886. The van der Waals surface area contributed by atoms with Crippen LogP contribution in [0.15, 0.2) is 24.3 Å². The van der Waals surface area contributed by atoms with E-state index in [1.165, 1.54) is 5.56 Å². The zero-order valence-corrected chi connectivity index (χ0v) is 12.1. The van der Waals surface area contributed by atoms with E-state index < -0.39 is 0 Å². The van der Waals surface area contributed by atoms with Crippen molar-refractivity contribution in [1.82, 2.24) is 4.90 Å². The molecule has 2 N–H and O–H groups in total. The number of carbonyl (C=O) groups is 1. The molecule has 1 atom stereocenters. The minimum atomic E-state index is -0.238. The molecule has 1 heterocycles. The van der Waals surface area contributed by atoms with Gasteiger partial charge in [-0.25, -0.2) is 0 Å². The van der Waals surface area contributed by atoms with E-state index in [0.29, 0.717) is 6.42 Å². The lowest BCUT2D eigenvalue weighted by atomic mass is 9.85. The van der Waals surface area contributed by atoms with E-state index in [1.54, 1.807) is 0 Å². The summed E-state index contributed by atoms with van der Waals surface area (Å²) in [5.74, 6) is 0.189. The van der Waals surface area contributed by atoms with Crippen LogP contribution >= 0.6 is 0 Å². The van der Waals surface area contributed by atoms with E-state index >= 15 is 0 Å². The van der Waals surface area contributed by atoms with Crippen molar-refractivity contribution in [2.45, 2.75) is 51.6 Å². The van der Waals surface area contributed by atoms with Gasteiger partial charge < -0.3 is 10.6 Å². The van der Waals surface area contributed by atoms with Crippen LogP contribution in [0.4, 0.5) is 0 Å². The first-order valence-corrected chi connectivity index (χ1v) is 7.03. The Bertz CT molecular complexity index is 468. The fourth-order valence-corrected chi connectivity index (χ4v) is 2.82. The Kier molecular flexibility index (Phi) is 3.95. The second-order valence-corrected chi connectivity index (χ2v) is 6.05. The largest absolute Gasteiger partial charge is 0.336 e. The number of piperidine rings is 1. The van der Waals surface area contributed by atoms with Gasteiger partial charge in [-0.05, 0) is 44.7 Å². The Morgan fingerprint density at radius 1 is 1.42 bits per heavy atom. The van der Waals surface area contributed by atoms with Gasteiger partial charge in [0.1, 0.15) is 0 Å². The molecule has 0 saturated carbocycles. The SMILES string of the molecule is Cc1ccccc1CC(=O)N1CCCC(N)C1(C)C. The maximum absolute atomic E-state index is 12.6.